The number of nitrogens with zero attached hydrogens (tertiary/aromatic N) is 1. The van der Waals surface area contributed by atoms with Crippen molar-refractivity contribution in [3.05, 3.63) is 47.2 Å². The Morgan fingerprint density at radius 3 is 2.42 bits per heavy atom. The average Bonchev–Trinajstić information content (AvgIpc) is 2.78. The lowest BCUT2D eigenvalue weighted by molar-refractivity contribution is -0.119. The molecule has 0 unspecified atom stereocenters. The molecule has 2 aromatic carbocycles. The number of amides is 1. The summed E-state index contributed by atoms with van der Waals surface area (Å²) >= 11 is 5.87. The van der Waals surface area contributed by atoms with Gasteiger partial charge in [-0.2, -0.15) is 0 Å². The van der Waals surface area contributed by atoms with Crippen LogP contribution in [0.3, 0.4) is 0 Å². The third kappa shape index (κ3) is 7.21. The van der Waals surface area contributed by atoms with Crippen LogP contribution in [0.1, 0.15) is 20.3 Å². The zero-order valence-electron chi connectivity index (χ0n) is 18.9. The molecule has 0 aliphatic rings. The van der Waals surface area contributed by atoms with Crippen LogP contribution in [-0.2, 0) is 19.6 Å². The number of nitrogens with one attached hydrogen (secondary N) is 1. The molecule has 1 amide bonds. The number of carbonyl (C=O) groups is 1. The molecule has 1 N–H and O–H groups in total. The first-order valence-corrected chi connectivity index (χ1v) is 12.0. The number of sulfonamides is 1. The van der Waals surface area contributed by atoms with Gasteiger partial charge in [-0.25, -0.2) is 12.8 Å². The highest BCUT2D eigenvalue weighted by Gasteiger charge is 2.29. The predicted molar refractivity (Wildman–Crippen MR) is 124 cm³/mol. The van der Waals surface area contributed by atoms with Crippen molar-refractivity contribution >= 4 is 33.2 Å². The van der Waals surface area contributed by atoms with Crippen molar-refractivity contribution in [2.45, 2.75) is 31.3 Å². The van der Waals surface area contributed by atoms with E-state index in [4.69, 9.17) is 25.8 Å². The molecule has 182 valence electrons. The lowest BCUT2D eigenvalue weighted by Crippen LogP contribution is -2.41. The van der Waals surface area contributed by atoms with Crippen LogP contribution in [0.5, 0.6) is 11.5 Å². The number of hydrogen-bond acceptors (Lipinski definition) is 6. The van der Waals surface area contributed by atoms with Crippen molar-refractivity contribution in [3.63, 3.8) is 0 Å². The monoisotopic (exact) mass is 502 g/mol. The summed E-state index contributed by atoms with van der Waals surface area (Å²) in [5.74, 6) is -0.706. The standard InChI is InChI=1S/C22H28ClFN2O6S/c1-15(2)32-11-5-10-25-22(27)14-26(16-6-8-19(24)18(23)12-16)33(28,29)17-7-9-20(30-3)21(13-17)31-4/h6-9,12-13,15H,5,10-11,14H2,1-4H3,(H,25,27). The third-order valence-corrected chi connectivity index (χ3v) is 6.58. The van der Waals surface area contributed by atoms with Crippen LogP contribution in [0.15, 0.2) is 41.3 Å². The van der Waals surface area contributed by atoms with Gasteiger partial charge in [0.15, 0.2) is 11.5 Å². The number of rotatable bonds is 12. The van der Waals surface area contributed by atoms with Crippen molar-refractivity contribution in [2.24, 2.45) is 0 Å². The van der Waals surface area contributed by atoms with Crippen molar-refractivity contribution in [3.8, 4) is 11.5 Å². The van der Waals surface area contributed by atoms with E-state index in [9.17, 15) is 17.6 Å². The molecule has 8 nitrogen and oxygen atoms in total. The topological polar surface area (TPSA) is 94.2 Å². The number of methoxy groups -OCH3 is 2. The summed E-state index contributed by atoms with van der Waals surface area (Å²) in [7, 11) is -1.45. The van der Waals surface area contributed by atoms with E-state index in [-0.39, 0.29) is 27.5 Å². The predicted octanol–water partition coefficient (Wildman–Crippen LogP) is 3.62. The van der Waals surface area contributed by atoms with Gasteiger partial charge in [0.1, 0.15) is 12.4 Å². The number of anilines is 1. The first-order valence-electron chi connectivity index (χ1n) is 10.2. The summed E-state index contributed by atoms with van der Waals surface area (Å²) in [5.41, 5.74) is 0.0366. The van der Waals surface area contributed by atoms with Gasteiger partial charge in [-0.15, -0.1) is 0 Å². The molecule has 0 aliphatic carbocycles. The summed E-state index contributed by atoms with van der Waals surface area (Å²) in [4.78, 5) is 12.4. The Balaban J connectivity index is 2.32. The third-order valence-electron chi connectivity index (χ3n) is 4.52. The SMILES string of the molecule is COc1ccc(S(=O)(=O)N(CC(=O)NCCCOC(C)C)c2ccc(F)c(Cl)c2)cc1OC. The molecule has 2 rings (SSSR count). The summed E-state index contributed by atoms with van der Waals surface area (Å²) in [6, 6.07) is 7.48. The zero-order valence-corrected chi connectivity index (χ0v) is 20.5. The van der Waals surface area contributed by atoms with E-state index in [0.29, 0.717) is 25.3 Å². The molecule has 0 aliphatic heterocycles. The van der Waals surface area contributed by atoms with Crippen LogP contribution in [0.4, 0.5) is 10.1 Å². The maximum Gasteiger partial charge on any atom is 0.264 e. The van der Waals surface area contributed by atoms with Gasteiger partial charge < -0.3 is 19.5 Å². The smallest absolute Gasteiger partial charge is 0.264 e. The van der Waals surface area contributed by atoms with Crippen LogP contribution >= 0.6 is 11.6 Å². The van der Waals surface area contributed by atoms with Crippen molar-refractivity contribution in [2.75, 3.05) is 38.2 Å². The van der Waals surface area contributed by atoms with Crippen molar-refractivity contribution in [1.82, 2.24) is 5.32 Å². The fourth-order valence-electron chi connectivity index (χ4n) is 2.86. The molecule has 0 saturated heterocycles. The van der Waals surface area contributed by atoms with Gasteiger partial charge in [-0.1, -0.05) is 11.6 Å². The second kappa shape index (κ2) is 12.1. The number of hydrogen-bond donors (Lipinski definition) is 1. The normalized spacial score (nSPS) is 11.4. The molecule has 0 saturated carbocycles. The Kier molecular flexibility index (Phi) is 9.75. The molecule has 0 fully saturated rings. The Labute approximate surface area is 198 Å². The number of benzene rings is 2. The first kappa shape index (κ1) is 26.7. The van der Waals surface area contributed by atoms with Crippen LogP contribution in [-0.4, -0.2) is 54.3 Å². The van der Waals surface area contributed by atoms with Gasteiger partial charge in [0.05, 0.1) is 35.9 Å². The highest BCUT2D eigenvalue weighted by Crippen LogP contribution is 2.33. The summed E-state index contributed by atoms with van der Waals surface area (Å²) < 4.78 is 57.3. The molecule has 0 spiro atoms. The summed E-state index contributed by atoms with van der Waals surface area (Å²) in [6.07, 6.45) is 0.639. The first-order chi connectivity index (χ1) is 15.6. The number of carbonyl (C=O) groups excluding carboxylic acids is 1. The van der Waals surface area contributed by atoms with Gasteiger partial charge >= 0.3 is 0 Å². The molecule has 0 radical (unpaired) electrons. The van der Waals surface area contributed by atoms with Crippen LogP contribution in [0.25, 0.3) is 0 Å². The quantitative estimate of drug-likeness (QED) is 0.445. The maximum atomic E-state index is 13.7. The molecule has 11 heteroatoms. The van der Waals surface area contributed by atoms with Crippen molar-refractivity contribution < 1.29 is 31.8 Å². The molecular weight excluding hydrogens is 475 g/mol. The fraction of sp³-hybridized carbons (Fsp3) is 0.409. The zero-order chi connectivity index (χ0) is 24.6. The minimum absolute atomic E-state index is 0.0366. The van der Waals surface area contributed by atoms with E-state index in [0.717, 1.165) is 16.4 Å². The maximum absolute atomic E-state index is 13.7. The van der Waals surface area contributed by atoms with E-state index in [1.165, 1.54) is 38.5 Å². The second-order valence-corrected chi connectivity index (χ2v) is 9.52. The minimum atomic E-state index is -4.25. The molecular formula is C22H28ClFN2O6S. The number of halogens is 2. The molecule has 2 aromatic rings. The molecule has 0 aromatic heterocycles. The van der Waals surface area contributed by atoms with Gasteiger partial charge in [0, 0.05) is 19.2 Å². The second-order valence-electron chi connectivity index (χ2n) is 7.25. The summed E-state index contributed by atoms with van der Waals surface area (Å²) in [5, 5.41) is 2.40. The van der Waals surface area contributed by atoms with Crippen LogP contribution in [0, 0.1) is 5.82 Å². The fourth-order valence-corrected chi connectivity index (χ4v) is 4.47. The van der Waals surface area contributed by atoms with E-state index < -0.39 is 28.3 Å². The minimum Gasteiger partial charge on any atom is -0.493 e. The summed E-state index contributed by atoms with van der Waals surface area (Å²) in [6.45, 7) is 4.04. The Morgan fingerprint density at radius 2 is 1.82 bits per heavy atom. The molecule has 0 atom stereocenters. The highest BCUT2D eigenvalue weighted by molar-refractivity contribution is 7.92. The van der Waals surface area contributed by atoms with E-state index in [2.05, 4.69) is 5.32 Å². The van der Waals surface area contributed by atoms with Gasteiger partial charge in [-0.05, 0) is 50.6 Å². The molecule has 33 heavy (non-hydrogen) atoms. The molecule has 0 heterocycles. The van der Waals surface area contributed by atoms with E-state index >= 15 is 0 Å². The Hall–Kier alpha value is -2.56. The lowest BCUT2D eigenvalue weighted by atomic mass is 10.3. The van der Waals surface area contributed by atoms with Crippen molar-refractivity contribution in [1.29, 1.82) is 0 Å². The Morgan fingerprint density at radius 1 is 1.12 bits per heavy atom. The van der Waals surface area contributed by atoms with E-state index in [1.807, 2.05) is 13.8 Å². The Bertz CT molecular complexity index is 1060. The highest BCUT2D eigenvalue weighted by atomic mass is 35.5. The lowest BCUT2D eigenvalue weighted by Gasteiger charge is -2.25. The average molecular weight is 503 g/mol. The van der Waals surface area contributed by atoms with Gasteiger partial charge in [-0.3, -0.25) is 9.10 Å². The van der Waals surface area contributed by atoms with E-state index in [1.54, 1.807) is 0 Å². The van der Waals surface area contributed by atoms with Crippen LogP contribution < -0.4 is 19.1 Å². The van der Waals surface area contributed by atoms with Gasteiger partial charge in [0.25, 0.3) is 10.0 Å². The van der Waals surface area contributed by atoms with Gasteiger partial charge in [0.2, 0.25) is 5.91 Å². The molecule has 0 bridgehead atoms. The van der Waals surface area contributed by atoms with Crippen LogP contribution in [0.2, 0.25) is 5.02 Å². The largest absolute Gasteiger partial charge is 0.493 e. The number of ether oxygens (including phenoxy) is 3.